The van der Waals surface area contributed by atoms with Gasteiger partial charge in [0.1, 0.15) is 11.6 Å². The lowest BCUT2D eigenvalue weighted by Gasteiger charge is -2.09. The second-order valence-electron chi connectivity index (χ2n) is 5.24. The minimum Gasteiger partial charge on any atom is -0.497 e. The Balaban J connectivity index is 1.75. The molecule has 5 heteroatoms. The Morgan fingerprint density at radius 2 is 1.96 bits per heavy atom. The summed E-state index contributed by atoms with van der Waals surface area (Å²) in [5, 5.41) is 3.30. The molecular weight excluding hydrogens is 293 g/mol. The van der Waals surface area contributed by atoms with Crippen molar-refractivity contribution < 1.29 is 9.13 Å². The van der Waals surface area contributed by atoms with E-state index in [2.05, 4.69) is 10.3 Å². The van der Waals surface area contributed by atoms with Gasteiger partial charge in [-0.1, -0.05) is 12.1 Å². The maximum Gasteiger partial charge on any atom is 0.203 e. The van der Waals surface area contributed by atoms with Gasteiger partial charge in [0.2, 0.25) is 5.95 Å². The summed E-state index contributed by atoms with van der Waals surface area (Å²) >= 11 is 0. The third-order valence-corrected chi connectivity index (χ3v) is 3.71. The number of benzene rings is 2. The van der Waals surface area contributed by atoms with Gasteiger partial charge in [0.15, 0.2) is 0 Å². The van der Waals surface area contributed by atoms with E-state index in [4.69, 9.17) is 4.74 Å². The quantitative estimate of drug-likeness (QED) is 0.778. The van der Waals surface area contributed by atoms with Gasteiger partial charge in [0.05, 0.1) is 19.0 Å². The summed E-state index contributed by atoms with van der Waals surface area (Å²) in [5.41, 5.74) is 2.96. The van der Waals surface area contributed by atoms with Gasteiger partial charge >= 0.3 is 0 Å². The molecule has 0 aliphatic heterocycles. The van der Waals surface area contributed by atoms with Crippen LogP contribution in [0.15, 0.2) is 54.7 Å². The van der Waals surface area contributed by atoms with E-state index in [1.54, 1.807) is 25.4 Å². The summed E-state index contributed by atoms with van der Waals surface area (Å²) in [6, 6.07) is 14.3. The molecule has 0 spiro atoms. The zero-order valence-corrected chi connectivity index (χ0v) is 13.1. The molecule has 0 fully saturated rings. The van der Waals surface area contributed by atoms with Crippen LogP contribution in [0.25, 0.3) is 11.3 Å². The lowest BCUT2D eigenvalue weighted by Crippen LogP contribution is -2.05. The number of imidazole rings is 1. The second kappa shape index (κ2) is 6.52. The number of methoxy groups -OCH3 is 1. The van der Waals surface area contributed by atoms with E-state index in [0.29, 0.717) is 6.54 Å². The zero-order valence-electron chi connectivity index (χ0n) is 13.1. The van der Waals surface area contributed by atoms with E-state index in [9.17, 15) is 4.39 Å². The molecule has 3 rings (SSSR count). The molecular formula is C18H18FN3O. The number of hydrogen-bond donors (Lipinski definition) is 1. The fourth-order valence-electron chi connectivity index (χ4n) is 2.43. The Bertz CT molecular complexity index is 796. The van der Waals surface area contributed by atoms with E-state index in [0.717, 1.165) is 28.5 Å². The highest BCUT2D eigenvalue weighted by molar-refractivity contribution is 5.61. The molecule has 0 unspecified atom stereocenters. The molecule has 0 atom stereocenters. The molecule has 0 amide bonds. The Labute approximate surface area is 134 Å². The first kappa shape index (κ1) is 15.1. The molecule has 0 aliphatic rings. The summed E-state index contributed by atoms with van der Waals surface area (Å²) in [6.45, 7) is 0.644. The van der Waals surface area contributed by atoms with Gasteiger partial charge in [0.25, 0.3) is 0 Å². The molecule has 0 radical (unpaired) electrons. The molecule has 0 saturated heterocycles. The fraction of sp³-hybridized carbons (Fsp3) is 0.167. The fourth-order valence-corrected chi connectivity index (χ4v) is 2.43. The van der Waals surface area contributed by atoms with Crippen molar-refractivity contribution in [3.05, 3.63) is 66.1 Å². The third-order valence-electron chi connectivity index (χ3n) is 3.71. The highest BCUT2D eigenvalue weighted by Crippen LogP contribution is 2.22. The van der Waals surface area contributed by atoms with Crippen molar-refractivity contribution in [2.45, 2.75) is 6.54 Å². The summed E-state index contributed by atoms with van der Waals surface area (Å²) < 4.78 is 20.2. The maximum absolute atomic E-state index is 13.0. The third kappa shape index (κ3) is 3.34. The van der Waals surface area contributed by atoms with Crippen LogP contribution in [-0.4, -0.2) is 16.7 Å². The number of ether oxygens (including phenoxy) is 1. The van der Waals surface area contributed by atoms with Crippen molar-refractivity contribution in [1.29, 1.82) is 0 Å². The van der Waals surface area contributed by atoms with Gasteiger partial charge in [-0.15, -0.1) is 0 Å². The largest absolute Gasteiger partial charge is 0.497 e. The average molecular weight is 311 g/mol. The number of nitrogens with zero attached hydrogens (tertiary/aromatic N) is 2. The van der Waals surface area contributed by atoms with Crippen molar-refractivity contribution in [1.82, 2.24) is 9.55 Å². The van der Waals surface area contributed by atoms with Crippen molar-refractivity contribution >= 4 is 5.95 Å². The van der Waals surface area contributed by atoms with Gasteiger partial charge in [-0.05, 0) is 42.0 Å². The highest BCUT2D eigenvalue weighted by atomic mass is 19.1. The van der Waals surface area contributed by atoms with Crippen LogP contribution in [0.4, 0.5) is 10.3 Å². The Hall–Kier alpha value is -2.82. The summed E-state index contributed by atoms with van der Waals surface area (Å²) in [7, 11) is 3.58. The minimum atomic E-state index is -0.243. The predicted octanol–water partition coefficient (Wildman–Crippen LogP) is 3.85. The molecule has 1 heterocycles. The number of nitrogens with one attached hydrogen (secondary N) is 1. The van der Waals surface area contributed by atoms with Crippen LogP contribution in [0.2, 0.25) is 0 Å². The molecule has 2 aromatic carbocycles. The summed E-state index contributed by atoms with van der Waals surface area (Å²) in [4.78, 5) is 4.40. The van der Waals surface area contributed by atoms with Gasteiger partial charge in [-0.25, -0.2) is 9.37 Å². The van der Waals surface area contributed by atoms with Crippen LogP contribution in [-0.2, 0) is 13.6 Å². The van der Waals surface area contributed by atoms with Gasteiger partial charge in [-0.2, -0.15) is 0 Å². The van der Waals surface area contributed by atoms with Crippen LogP contribution < -0.4 is 10.1 Å². The van der Waals surface area contributed by atoms with Crippen LogP contribution in [0, 0.1) is 5.82 Å². The maximum atomic E-state index is 13.0. The van der Waals surface area contributed by atoms with Gasteiger partial charge < -0.3 is 14.6 Å². The molecule has 4 nitrogen and oxygen atoms in total. The number of rotatable bonds is 5. The lowest BCUT2D eigenvalue weighted by atomic mass is 10.2. The highest BCUT2D eigenvalue weighted by Gasteiger charge is 2.08. The zero-order chi connectivity index (χ0) is 16.2. The molecule has 1 aromatic heterocycles. The molecule has 118 valence electrons. The van der Waals surface area contributed by atoms with E-state index in [-0.39, 0.29) is 5.82 Å². The van der Waals surface area contributed by atoms with Crippen LogP contribution in [0.5, 0.6) is 5.75 Å². The topological polar surface area (TPSA) is 39.1 Å². The predicted molar refractivity (Wildman–Crippen MR) is 88.9 cm³/mol. The Morgan fingerprint density at radius 1 is 1.17 bits per heavy atom. The van der Waals surface area contributed by atoms with Crippen LogP contribution in [0.1, 0.15) is 5.56 Å². The molecule has 23 heavy (non-hydrogen) atoms. The minimum absolute atomic E-state index is 0.243. The van der Waals surface area contributed by atoms with Crippen molar-refractivity contribution in [2.24, 2.45) is 7.05 Å². The van der Waals surface area contributed by atoms with Crippen LogP contribution >= 0.6 is 0 Å². The van der Waals surface area contributed by atoms with E-state index >= 15 is 0 Å². The average Bonchev–Trinajstić information content (AvgIpc) is 2.95. The first-order valence-corrected chi connectivity index (χ1v) is 7.32. The molecule has 0 saturated carbocycles. The van der Waals surface area contributed by atoms with E-state index in [1.807, 2.05) is 35.9 Å². The van der Waals surface area contributed by atoms with E-state index < -0.39 is 0 Å². The lowest BCUT2D eigenvalue weighted by molar-refractivity contribution is 0.414. The summed E-state index contributed by atoms with van der Waals surface area (Å²) in [6.07, 6.45) is 1.78. The van der Waals surface area contributed by atoms with Crippen LogP contribution in [0.3, 0.4) is 0 Å². The van der Waals surface area contributed by atoms with Crippen molar-refractivity contribution in [3.63, 3.8) is 0 Å². The van der Waals surface area contributed by atoms with Crippen molar-refractivity contribution in [2.75, 3.05) is 12.4 Å². The first-order valence-electron chi connectivity index (χ1n) is 7.32. The van der Waals surface area contributed by atoms with E-state index in [1.165, 1.54) is 12.1 Å². The molecule has 0 bridgehead atoms. The van der Waals surface area contributed by atoms with Gasteiger partial charge in [-0.3, -0.25) is 0 Å². The van der Waals surface area contributed by atoms with Crippen molar-refractivity contribution in [3.8, 4) is 17.0 Å². The second-order valence-corrected chi connectivity index (χ2v) is 5.24. The SMILES string of the molecule is COc1cccc(CNc2ncc(-c3ccc(F)cc3)n2C)c1. The Kier molecular flexibility index (Phi) is 4.28. The molecule has 0 aliphatic carbocycles. The standard InChI is InChI=1S/C18H18FN3O/c1-22-17(14-6-8-15(19)9-7-14)12-21-18(22)20-11-13-4-3-5-16(10-13)23-2/h3-10,12H,11H2,1-2H3,(H,20,21). The first-order chi connectivity index (χ1) is 11.2. The number of halogens is 1. The monoisotopic (exact) mass is 311 g/mol. The molecule has 3 aromatic rings. The number of hydrogen-bond acceptors (Lipinski definition) is 3. The smallest absolute Gasteiger partial charge is 0.203 e. The number of anilines is 1. The number of aromatic nitrogens is 2. The summed E-state index contributed by atoms with van der Waals surface area (Å²) in [5.74, 6) is 1.34. The Morgan fingerprint density at radius 3 is 2.70 bits per heavy atom. The normalized spacial score (nSPS) is 10.6. The molecule has 1 N–H and O–H groups in total. The van der Waals surface area contributed by atoms with Gasteiger partial charge in [0, 0.05) is 19.2 Å².